The molecule has 0 aromatic heterocycles. The van der Waals surface area contributed by atoms with Crippen LogP contribution in [0.15, 0.2) is 36.4 Å². The van der Waals surface area contributed by atoms with Gasteiger partial charge in [-0.1, -0.05) is 6.07 Å². The largest absolute Gasteiger partial charge is 0.398 e. The first-order chi connectivity index (χ1) is 10.2. The molecule has 2 aromatic rings. The van der Waals surface area contributed by atoms with Crippen molar-refractivity contribution in [3.05, 3.63) is 58.7 Å². The zero-order chi connectivity index (χ0) is 16.9. The summed E-state index contributed by atoms with van der Waals surface area (Å²) in [6, 6.07) is 9.65. The van der Waals surface area contributed by atoms with Crippen LogP contribution in [0.4, 0.5) is 11.4 Å². The minimum atomic E-state index is -0.522. The molecule has 2 rings (SSSR count). The highest BCUT2D eigenvalue weighted by atomic mass is 16.1. The minimum Gasteiger partial charge on any atom is -0.398 e. The van der Waals surface area contributed by atoms with E-state index in [9.17, 15) is 9.59 Å². The maximum atomic E-state index is 10.6. The van der Waals surface area contributed by atoms with Gasteiger partial charge in [-0.2, -0.15) is 0 Å². The Bertz CT molecular complexity index is 634. The number of amides is 2. The number of carbonyl (C=O) groups is 2. The Balaban J connectivity index is 0.000000224. The minimum absolute atomic E-state index is 0.361. The molecule has 0 heterocycles. The zero-order valence-electron chi connectivity index (χ0n) is 12.6. The van der Waals surface area contributed by atoms with E-state index in [2.05, 4.69) is 0 Å². The summed E-state index contributed by atoms with van der Waals surface area (Å²) >= 11 is 0. The third-order valence-electron chi connectivity index (χ3n) is 3.23. The molecule has 22 heavy (non-hydrogen) atoms. The second-order valence-corrected chi connectivity index (χ2v) is 4.82. The monoisotopic (exact) mass is 300 g/mol. The summed E-state index contributed by atoms with van der Waals surface area (Å²) in [7, 11) is 0. The molecule has 0 spiro atoms. The zero-order valence-corrected chi connectivity index (χ0v) is 12.6. The van der Waals surface area contributed by atoms with E-state index in [1.165, 1.54) is 24.3 Å². The summed E-state index contributed by atoms with van der Waals surface area (Å²) < 4.78 is 0. The summed E-state index contributed by atoms with van der Waals surface area (Å²) in [4.78, 5) is 21.2. The topological polar surface area (TPSA) is 138 Å². The number of nitrogen functional groups attached to an aromatic ring is 2. The van der Waals surface area contributed by atoms with Gasteiger partial charge in [0.1, 0.15) is 0 Å². The molecule has 2 amide bonds. The normalized spacial score (nSPS) is 9.55. The molecule has 0 saturated heterocycles. The number of primary amides is 2. The smallest absolute Gasteiger partial charge is 0.248 e. The van der Waals surface area contributed by atoms with Gasteiger partial charge in [0.05, 0.1) is 0 Å². The van der Waals surface area contributed by atoms with Gasteiger partial charge in [0.2, 0.25) is 11.8 Å². The average molecular weight is 300 g/mol. The van der Waals surface area contributed by atoms with E-state index in [0.717, 1.165) is 22.5 Å². The molecule has 0 radical (unpaired) electrons. The van der Waals surface area contributed by atoms with Gasteiger partial charge < -0.3 is 22.9 Å². The summed E-state index contributed by atoms with van der Waals surface area (Å²) in [5.74, 6) is -1.04. The van der Waals surface area contributed by atoms with Gasteiger partial charge in [-0.05, 0) is 55.3 Å². The van der Waals surface area contributed by atoms with Gasteiger partial charge in [-0.25, -0.2) is 0 Å². The highest BCUT2D eigenvalue weighted by Gasteiger charge is 2.02. The van der Waals surface area contributed by atoms with E-state index < -0.39 is 11.8 Å². The van der Waals surface area contributed by atoms with E-state index in [-0.39, 0.29) is 0 Å². The van der Waals surface area contributed by atoms with Crippen molar-refractivity contribution in [3.63, 3.8) is 0 Å². The molecule has 0 aliphatic rings. The van der Waals surface area contributed by atoms with Gasteiger partial charge in [0, 0.05) is 22.5 Å². The van der Waals surface area contributed by atoms with Crippen molar-refractivity contribution in [3.8, 4) is 0 Å². The predicted octanol–water partition coefficient (Wildman–Crippen LogP) is 1.35. The standard InChI is InChI=1S/C8H8N2O2.C8H12N2/c9-7(11)5-1-2-6(4-3-5)8(10)12;1-5-3-4-7(9)6(2)8(5)10/h1-4H,(H2,9,11)(H2,10,12);3-4H,9-10H2,1-2H3. The first-order valence-electron chi connectivity index (χ1n) is 6.54. The number of anilines is 2. The molecule has 116 valence electrons. The van der Waals surface area contributed by atoms with Crippen LogP contribution in [0.1, 0.15) is 31.8 Å². The first kappa shape index (κ1) is 17.0. The van der Waals surface area contributed by atoms with Gasteiger partial charge in [0.25, 0.3) is 0 Å². The quantitative estimate of drug-likeness (QED) is 0.622. The third kappa shape index (κ3) is 4.24. The molecule has 8 N–H and O–H groups in total. The number of hydrogen-bond donors (Lipinski definition) is 4. The molecule has 0 aliphatic carbocycles. The Kier molecular flexibility index (Phi) is 5.51. The second-order valence-electron chi connectivity index (χ2n) is 4.82. The first-order valence-corrected chi connectivity index (χ1v) is 6.54. The number of benzene rings is 2. The Labute approximate surface area is 129 Å². The van der Waals surface area contributed by atoms with Crippen molar-refractivity contribution in [2.75, 3.05) is 11.5 Å². The van der Waals surface area contributed by atoms with Gasteiger partial charge in [0.15, 0.2) is 0 Å². The molecule has 0 atom stereocenters. The Morgan fingerprint density at radius 2 is 1.18 bits per heavy atom. The average Bonchev–Trinajstić information content (AvgIpc) is 2.50. The van der Waals surface area contributed by atoms with Crippen LogP contribution < -0.4 is 22.9 Å². The van der Waals surface area contributed by atoms with Crippen LogP contribution in [-0.4, -0.2) is 11.8 Å². The van der Waals surface area contributed by atoms with Crippen LogP contribution in [0.5, 0.6) is 0 Å². The highest BCUT2D eigenvalue weighted by Crippen LogP contribution is 2.21. The van der Waals surface area contributed by atoms with E-state index in [4.69, 9.17) is 22.9 Å². The van der Waals surface area contributed by atoms with Gasteiger partial charge in [-0.15, -0.1) is 0 Å². The number of hydrogen-bond acceptors (Lipinski definition) is 4. The van der Waals surface area contributed by atoms with E-state index in [1.54, 1.807) is 0 Å². The van der Waals surface area contributed by atoms with Crippen LogP contribution in [-0.2, 0) is 0 Å². The predicted molar refractivity (Wildman–Crippen MR) is 88.2 cm³/mol. The fourth-order valence-corrected chi connectivity index (χ4v) is 1.68. The molecule has 2 aromatic carbocycles. The number of rotatable bonds is 2. The molecular formula is C16H20N4O2. The fraction of sp³-hybridized carbons (Fsp3) is 0.125. The summed E-state index contributed by atoms with van der Waals surface area (Å²) in [6.45, 7) is 3.90. The molecule has 0 aliphatic heterocycles. The molecule has 0 fully saturated rings. The van der Waals surface area contributed by atoms with E-state index in [0.29, 0.717) is 11.1 Å². The molecule has 6 heteroatoms. The Morgan fingerprint density at radius 1 is 0.773 bits per heavy atom. The second kappa shape index (κ2) is 7.12. The van der Waals surface area contributed by atoms with Crippen LogP contribution in [0.3, 0.4) is 0 Å². The molecule has 0 bridgehead atoms. The van der Waals surface area contributed by atoms with Gasteiger partial charge in [-0.3, -0.25) is 9.59 Å². The van der Waals surface area contributed by atoms with Crippen LogP contribution >= 0.6 is 0 Å². The number of nitrogens with two attached hydrogens (primary N) is 4. The van der Waals surface area contributed by atoms with Crippen molar-refractivity contribution < 1.29 is 9.59 Å². The molecule has 6 nitrogen and oxygen atoms in total. The maximum Gasteiger partial charge on any atom is 0.248 e. The fourth-order valence-electron chi connectivity index (χ4n) is 1.68. The van der Waals surface area contributed by atoms with Crippen molar-refractivity contribution in [2.45, 2.75) is 13.8 Å². The SMILES string of the molecule is Cc1ccc(N)c(C)c1N.NC(=O)c1ccc(C(N)=O)cc1. The number of aryl methyl sites for hydroxylation is 1. The number of carbonyl (C=O) groups excluding carboxylic acids is 2. The lowest BCUT2D eigenvalue weighted by molar-refractivity contribution is 0.0988. The van der Waals surface area contributed by atoms with Crippen molar-refractivity contribution in [2.24, 2.45) is 11.5 Å². The molecular weight excluding hydrogens is 280 g/mol. The lowest BCUT2D eigenvalue weighted by Gasteiger charge is -2.05. The lowest BCUT2D eigenvalue weighted by atomic mass is 10.1. The Hall–Kier alpha value is -3.02. The van der Waals surface area contributed by atoms with E-state index >= 15 is 0 Å². The summed E-state index contributed by atoms with van der Waals surface area (Å²) in [6.07, 6.45) is 0. The highest BCUT2D eigenvalue weighted by molar-refractivity contribution is 5.96. The molecule has 0 unspecified atom stereocenters. The van der Waals surface area contributed by atoms with Crippen LogP contribution in [0.25, 0.3) is 0 Å². The van der Waals surface area contributed by atoms with Crippen molar-refractivity contribution in [1.82, 2.24) is 0 Å². The van der Waals surface area contributed by atoms with Gasteiger partial charge >= 0.3 is 0 Å². The third-order valence-corrected chi connectivity index (χ3v) is 3.23. The summed E-state index contributed by atoms with van der Waals surface area (Å²) in [5, 5.41) is 0. The van der Waals surface area contributed by atoms with Crippen molar-refractivity contribution >= 4 is 23.2 Å². The van der Waals surface area contributed by atoms with Crippen LogP contribution in [0, 0.1) is 13.8 Å². The molecule has 0 saturated carbocycles. The summed E-state index contributed by atoms with van der Waals surface area (Å²) in [5.41, 5.74) is 25.7. The Morgan fingerprint density at radius 3 is 1.50 bits per heavy atom. The maximum absolute atomic E-state index is 10.6. The van der Waals surface area contributed by atoms with Crippen LogP contribution in [0.2, 0.25) is 0 Å². The lowest BCUT2D eigenvalue weighted by Crippen LogP contribution is -2.13. The van der Waals surface area contributed by atoms with Crippen molar-refractivity contribution in [1.29, 1.82) is 0 Å². The van der Waals surface area contributed by atoms with E-state index in [1.807, 2.05) is 26.0 Å².